The van der Waals surface area contributed by atoms with Crippen LogP contribution in [0.1, 0.15) is 48.0 Å². The van der Waals surface area contributed by atoms with Gasteiger partial charge in [0.1, 0.15) is 0 Å². The van der Waals surface area contributed by atoms with Gasteiger partial charge in [-0.1, -0.05) is 25.5 Å². The van der Waals surface area contributed by atoms with Gasteiger partial charge in [0, 0.05) is 29.3 Å². The number of hydrogen-bond acceptors (Lipinski definition) is 7. The second kappa shape index (κ2) is 9.18. The van der Waals surface area contributed by atoms with Crippen LogP contribution >= 0.6 is 23.4 Å². The predicted molar refractivity (Wildman–Crippen MR) is 126 cm³/mol. The molecule has 4 rings (SSSR count). The number of alkyl halides is 1. The summed E-state index contributed by atoms with van der Waals surface area (Å²) in [6.45, 7) is 2.02. The number of halogens is 1. The summed E-state index contributed by atoms with van der Waals surface area (Å²) in [4.78, 5) is 34.8. The molecule has 1 fully saturated rings. The zero-order chi connectivity index (χ0) is 23.9. The van der Waals surface area contributed by atoms with Crippen LogP contribution in [0, 0.1) is 26.1 Å². The van der Waals surface area contributed by atoms with Crippen LogP contribution < -0.4 is 5.32 Å². The van der Waals surface area contributed by atoms with Crippen LogP contribution in [0.15, 0.2) is 41.3 Å². The molecule has 0 unspecified atom stereocenters. The molecular weight excluding hydrogens is 470 g/mol. The fourth-order valence-corrected chi connectivity index (χ4v) is 7.05. The lowest BCUT2D eigenvalue weighted by Gasteiger charge is -2.38. The first-order valence-electron chi connectivity index (χ1n) is 10.6. The Morgan fingerprint density at radius 1 is 1.18 bits per heavy atom. The SMILES string of the molecule is CCC[C@@H]1Nc2c(C(=O)O)ccc([N+](=O)[O-])c2[C@H]2[C@@H](Cl)[C@@H](Sc3ccccc3[N+](=O)[O-])C[C@@H]21. The fraction of sp³-hybridized carbons (Fsp3) is 0.409. The van der Waals surface area contributed by atoms with Crippen molar-refractivity contribution in [2.75, 3.05) is 5.32 Å². The van der Waals surface area contributed by atoms with Gasteiger partial charge in [-0.2, -0.15) is 0 Å². The smallest absolute Gasteiger partial charge is 0.337 e. The fourth-order valence-electron chi connectivity index (χ4n) is 5.11. The molecule has 0 spiro atoms. The summed E-state index contributed by atoms with van der Waals surface area (Å²) in [5.74, 6) is -1.68. The number of para-hydroxylation sites is 1. The van der Waals surface area contributed by atoms with Gasteiger partial charge in [-0.05, 0) is 30.9 Å². The maximum atomic E-state index is 11.9. The highest BCUT2D eigenvalue weighted by Gasteiger charge is 2.52. The minimum atomic E-state index is -1.17. The Morgan fingerprint density at radius 3 is 2.52 bits per heavy atom. The second-order valence-corrected chi connectivity index (χ2v) is 10.1. The van der Waals surface area contributed by atoms with E-state index in [2.05, 4.69) is 5.32 Å². The normalized spacial score (nSPS) is 25.6. The van der Waals surface area contributed by atoms with E-state index >= 15 is 0 Å². The van der Waals surface area contributed by atoms with E-state index in [1.54, 1.807) is 18.2 Å². The van der Waals surface area contributed by atoms with Gasteiger partial charge in [0.15, 0.2) is 0 Å². The largest absolute Gasteiger partial charge is 0.478 e. The quantitative estimate of drug-likeness (QED) is 0.287. The Hall–Kier alpha value is -2.85. The highest BCUT2D eigenvalue weighted by atomic mass is 35.5. The molecule has 2 N–H and O–H groups in total. The molecular formula is C22H22ClN3O6S. The number of rotatable bonds is 7. The van der Waals surface area contributed by atoms with Crippen molar-refractivity contribution >= 4 is 46.4 Å². The lowest BCUT2D eigenvalue weighted by molar-refractivity contribution is -0.387. The van der Waals surface area contributed by atoms with E-state index in [1.165, 1.54) is 30.0 Å². The van der Waals surface area contributed by atoms with Crippen LogP contribution in [-0.2, 0) is 0 Å². The summed E-state index contributed by atoms with van der Waals surface area (Å²) in [5, 5.41) is 35.5. The van der Waals surface area contributed by atoms with Gasteiger partial charge in [0.05, 0.1) is 36.9 Å². The van der Waals surface area contributed by atoms with E-state index < -0.39 is 27.1 Å². The Morgan fingerprint density at radius 2 is 1.88 bits per heavy atom. The van der Waals surface area contributed by atoms with E-state index in [-0.39, 0.29) is 39.8 Å². The molecule has 0 amide bonds. The number of aromatic carboxylic acids is 1. The number of carboxylic acids is 1. The van der Waals surface area contributed by atoms with Gasteiger partial charge in [0.25, 0.3) is 11.4 Å². The van der Waals surface area contributed by atoms with Crippen molar-refractivity contribution in [3.8, 4) is 0 Å². The predicted octanol–water partition coefficient (Wildman–Crippen LogP) is 5.67. The van der Waals surface area contributed by atoms with Crippen LogP contribution in [0.4, 0.5) is 17.1 Å². The number of benzene rings is 2. The molecule has 1 heterocycles. The van der Waals surface area contributed by atoms with E-state index in [1.807, 2.05) is 6.92 Å². The third-order valence-corrected chi connectivity index (χ3v) is 8.55. The van der Waals surface area contributed by atoms with Crippen LogP contribution in [0.5, 0.6) is 0 Å². The van der Waals surface area contributed by atoms with E-state index in [0.717, 1.165) is 12.8 Å². The maximum absolute atomic E-state index is 11.9. The van der Waals surface area contributed by atoms with Crippen molar-refractivity contribution in [1.29, 1.82) is 0 Å². The highest BCUT2D eigenvalue weighted by Crippen LogP contribution is 2.57. The van der Waals surface area contributed by atoms with Crippen molar-refractivity contribution in [2.24, 2.45) is 5.92 Å². The number of anilines is 1. The molecule has 1 aliphatic carbocycles. The lowest BCUT2D eigenvalue weighted by Crippen LogP contribution is -2.38. The summed E-state index contributed by atoms with van der Waals surface area (Å²) in [6.07, 6.45) is 2.18. The maximum Gasteiger partial charge on any atom is 0.337 e. The number of nitro benzene ring substituents is 2. The molecule has 0 saturated heterocycles. The Kier molecular flexibility index (Phi) is 6.49. The molecule has 5 atom stereocenters. The van der Waals surface area contributed by atoms with Gasteiger partial charge in [0.2, 0.25) is 0 Å². The average molecular weight is 492 g/mol. The molecule has 2 aromatic carbocycles. The number of nitro groups is 2. The molecule has 0 aromatic heterocycles. The monoisotopic (exact) mass is 491 g/mol. The summed E-state index contributed by atoms with van der Waals surface area (Å²) in [6, 6.07) is 8.82. The van der Waals surface area contributed by atoms with Gasteiger partial charge in [-0.15, -0.1) is 23.4 Å². The third-order valence-electron chi connectivity index (χ3n) is 6.43. The lowest BCUT2D eigenvalue weighted by atomic mass is 9.76. The van der Waals surface area contributed by atoms with E-state index in [0.29, 0.717) is 16.9 Å². The molecule has 2 aliphatic rings. The topological polar surface area (TPSA) is 136 Å². The zero-order valence-electron chi connectivity index (χ0n) is 17.6. The van der Waals surface area contributed by atoms with E-state index in [9.17, 15) is 30.1 Å². The average Bonchev–Trinajstić information content (AvgIpc) is 3.09. The van der Waals surface area contributed by atoms with Crippen molar-refractivity contribution in [3.05, 3.63) is 67.8 Å². The molecule has 1 saturated carbocycles. The summed E-state index contributed by atoms with van der Waals surface area (Å²) >= 11 is 8.26. The zero-order valence-corrected chi connectivity index (χ0v) is 19.2. The molecule has 1 aliphatic heterocycles. The molecule has 33 heavy (non-hydrogen) atoms. The minimum Gasteiger partial charge on any atom is -0.478 e. The van der Waals surface area contributed by atoms with E-state index in [4.69, 9.17) is 11.6 Å². The molecule has 2 aromatic rings. The summed E-state index contributed by atoms with van der Waals surface area (Å²) < 4.78 is 0. The number of thioether (sulfide) groups is 1. The summed E-state index contributed by atoms with van der Waals surface area (Å²) in [7, 11) is 0. The molecule has 11 heteroatoms. The highest BCUT2D eigenvalue weighted by molar-refractivity contribution is 8.00. The van der Waals surface area contributed by atoms with Gasteiger partial charge in [-0.25, -0.2) is 4.79 Å². The minimum absolute atomic E-state index is 0.0102. The molecule has 174 valence electrons. The first-order valence-corrected chi connectivity index (χ1v) is 11.9. The van der Waals surface area contributed by atoms with Crippen molar-refractivity contribution in [2.45, 2.75) is 53.7 Å². The number of nitrogens with zero attached hydrogens (tertiary/aromatic N) is 2. The van der Waals surface area contributed by atoms with Crippen LogP contribution in [0.25, 0.3) is 0 Å². The molecule has 9 nitrogen and oxygen atoms in total. The Labute approximate surface area is 198 Å². The first-order chi connectivity index (χ1) is 15.7. The molecule has 0 bridgehead atoms. The number of fused-ring (bicyclic) bond motifs is 3. The van der Waals surface area contributed by atoms with Gasteiger partial charge < -0.3 is 10.4 Å². The van der Waals surface area contributed by atoms with Gasteiger partial charge >= 0.3 is 5.97 Å². The second-order valence-electron chi connectivity index (χ2n) is 8.27. The van der Waals surface area contributed by atoms with Crippen molar-refractivity contribution in [1.82, 2.24) is 0 Å². The number of hydrogen-bond donors (Lipinski definition) is 2. The van der Waals surface area contributed by atoms with Crippen LogP contribution in [0.3, 0.4) is 0 Å². The van der Waals surface area contributed by atoms with Crippen molar-refractivity contribution < 1.29 is 19.7 Å². The standard InChI is InChI=1S/C22H22ClN3O6S/c1-2-5-13-12-10-17(33-16-7-4-3-6-14(16)25(29)30)20(23)18(12)19-15(26(31)32)9-8-11(22(27)28)21(19)24-13/h3-4,6-9,12-13,17-18,20,24H,2,5,10H2,1H3,(H,27,28)/t12-,13+,17+,18+,20+/m1/s1. The van der Waals surface area contributed by atoms with Crippen molar-refractivity contribution in [3.63, 3.8) is 0 Å². The molecule has 0 radical (unpaired) electrons. The van der Waals surface area contributed by atoms with Crippen LogP contribution in [-0.4, -0.2) is 37.6 Å². The Bertz CT molecular complexity index is 1130. The number of carboxylic acid groups (broad SMARTS) is 1. The van der Waals surface area contributed by atoms with Crippen LogP contribution in [0.2, 0.25) is 0 Å². The Balaban J connectivity index is 1.80. The number of carbonyl (C=O) groups is 1. The number of nitrogens with one attached hydrogen (secondary N) is 1. The summed E-state index contributed by atoms with van der Waals surface area (Å²) in [5.41, 5.74) is 0.397. The van der Waals surface area contributed by atoms with Gasteiger partial charge in [-0.3, -0.25) is 20.2 Å². The first kappa shape index (κ1) is 23.3. The third kappa shape index (κ3) is 4.13.